The second-order valence-electron chi connectivity index (χ2n) is 4.91. The monoisotopic (exact) mass is 319 g/mol. The predicted molar refractivity (Wildman–Crippen MR) is 80.6 cm³/mol. The average molecular weight is 319 g/mol. The van der Waals surface area contributed by atoms with Crippen molar-refractivity contribution >= 4 is 17.5 Å². The lowest BCUT2D eigenvalue weighted by molar-refractivity contribution is 0.263. The maximum absolute atomic E-state index is 9.39. The summed E-state index contributed by atoms with van der Waals surface area (Å²) >= 11 is 1.46. The second kappa shape index (κ2) is 6.01. The number of rotatable bonds is 5. The van der Waals surface area contributed by atoms with Crippen LogP contribution >= 0.6 is 11.8 Å². The molecule has 0 aliphatic rings. The first-order valence-corrected chi connectivity index (χ1v) is 7.85. The minimum absolute atomic E-state index is 0.124. The van der Waals surface area contributed by atoms with E-state index in [1.54, 1.807) is 4.52 Å². The molecule has 0 atom stereocenters. The van der Waals surface area contributed by atoms with E-state index in [-0.39, 0.29) is 6.61 Å². The third-order valence-corrected chi connectivity index (χ3v) is 4.58. The van der Waals surface area contributed by atoms with E-state index in [0.717, 1.165) is 34.4 Å². The van der Waals surface area contributed by atoms with E-state index < -0.39 is 0 Å². The number of aliphatic hydroxyl groups excluding tert-OH is 1. The number of hydrogen-bond acceptors (Lipinski definition) is 7. The van der Waals surface area contributed by atoms with Gasteiger partial charge in [-0.1, -0.05) is 6.92 Å². The Hall–Kier alpha value is -2.00. The fraction of sp³-hybridized carbons (Fsp3) is 0.462. The quantitative estimate of drug-likeness (QED) is 0.710. The molecule has 116 valence electrons. The summed E-state index contributed by atoms with van der Waals surface area (Å²) in [4.78, 5) is 8.56. The molecule has 3 heterocycles. The van der Waals surface area contributed by atoms with E-state index in [1.807, 2.05) is 18.4 Å². The van der Waals surface area contributed by atoms with E-state index in [4.69, 9.17) is 0 Å². The molecule has 0 aromatic carbocycles. The molecule has 0 radical (unpaired) electrons. The molecule has 0 aliphatic heterocycles. The number of fused-ring (bicyclic) bond motifs is 1. The van der Waals surface area contributed by atoms with Crippen LogP contribution in [0.4, 0.5) is 0 Å². The normalized spacial score (nSPS) is 11.5. The van der Waals surface area contributed by atoms with Crippen molar-refractivity contribution in [2.24, 2.45) is 0 Å². The first-order valence-electron chi connectivity index (χ1n) is 7.03. The lowest BCUT2D eigenvalue weighted by atomic mass is 10.3. The summed E-state index contributed by atoms with van der Waals surface area (Å²) in [6.07, 6.45) is 2.42. The van der Waals surface area contributed by atoms with Crippen molar-refractivity contribution in [3.05, 3.63) is 23.4 Å². The molecule has 0 fully saturated rings. The third kappa shape index (κ3) is 2.46. The standard InChI is InChI=1S/C13H17N7OS/c1-4-5-19-10(6-21)17-18-13(19)22-11-8(2)9(3)16-12-14-7-15-20(11)12/h7,21H,4-6H2,1-3H3. The lowest BCUT2D eigenvalue weighted by Gasteiger charge is -2.11. The number of aliphatic hydroxyl groups is 1. The minimum Gasteiger partial charge on any atom is -0.388 e. The van der Waals surface area contributed by atoms with Crippen molar-refractivity contribution in [2.45, 2.75) is 50.5 Å². The zero-order valence-corrected chi connectivity index (χ0v) is 13.5. The molecule has 0 aliphatic carbocycles. The zero-order chi connectivity index (χ0) is 15.7. The Balaban J connectivity index is 2.09. The Labute approximate surface area is 131 Å². The maximum atomic E-state index is 9.39. The minimum atomic E-state index is -0.124. The van der Waals surface area contributed by atoms with Gasteiger partial charge in [0.25, 0.3) is 5.78 Å². The first-order chi connectivity index (χ1) is 10.7. The Morgan fingerprint density at radius 1 is 1.27 bits per heavy atom. The fourth-order valence-corrected chi connectivity index (χ4v) is 3.25. The van der Waals surface area contributed by atoms with Crippen molar-refractivity contribution in [1.82, 2.24) is 34.3 Å². The summed E-state index contributed by atoms with van der Waals surface area (Å²) in [7, 11) is 0. The average Bonchev–Trinajstić information content (AvgIpc) is 3.11. The van der Waals surface area contributed by atoms with E-state index in [1.165, 1.54) is 18.1 Å². The van der Waals surface area contributed by atoms with Crippen LogP contribution in [0.25, 0.3) is 5.78 Å². The molecular formula is C13H17N7OS. The van der Waals surface area contributed by atoms with Gasteiger partial charge in [0.15, 0.2) is 11.0 Å². The van der Waals surface area contributed by atoms with Crippen LogP contribution in [0.1, 0.15) is 30.4 Å². The van der Waals surface area contributed by atoms with Gasteiger partial charge < -0.3 is 9.67 Å². The largest absolute Gasteiger partial charge is 0.388 e. The summed E-state index contributed by atoms with van der Waals surface area (Å²) in [5.41, 5.74) is 1.94. The van der Waals surface area contributed by atoms with Crippen LogP contribution in [0.5, 0.6) is 0 Å². The van der Waals surface area contributed by atoms with Crippen LogP contribution in [0.15, 0.2) is 16.5 Å². The van der Waals surface area contributed by atoms with Gasteiger partial charge >= 0.3 is 0 Å². The summed E-state index contributed by atoms with van der Waals surface area (Å²) in [5.74, 6) is 1.14. The molecule has 3 aromatic heterocycles. The smallest absolute Gasteiger partial charge is 0.253 e. The van der Waals surface area contributed by atoms with Crippen molar-refractivity contribution in [3.63, 3.8) is 0 Å². The molecule has 0 spiro atoms. The lowest BCUT2D eigenvalue weighted by Crippen LogP contribution is -2.06. The van der Waals surface area contributed by atoms with Gasteiger partial charge in [-0.25, -0.2) is 4.98 Å². The molecule has 22 heavy (non-hydrogen) atoms. The van der Waals surface area contributed by atoms with Crippen LogP contribution in [-0.2, 0) is 13.2 Å². The number of aryl methyl sites for hydroxylation is 1. The van der Waals surface area contributed by atoms with Gasteiger partial charge in [-0.3, -0.25) is 0 Å². The van der Waals surface area contributed by atoms with Gasteiger partial charge in [0, 0.05) is 17.8 Å². The molecule has 8 nitrogen and oxygen atoms in total. The summed E-state index contributed by atoms with van der Waals surface area (Å²) in [6, 6.07) is 0. The number of hydrogen-bond donors (Lipinski definition) is 1. The molecule has 0 unspecified atom stereocenters. The van der Waals surface area contributed by atoms with Gasteiger partial charge in [0.2, 0.25) is 0 Å². The third-order valence-electron chi connectivity index (χ3n) is 3.42. The SMILES string of the molecule is CCCn1c(CO)nnc1Sc1c(C)c(C)nc2ncnn12. The van der Waals surface area contributed by atoms with Crippen LogP contribution in [-0.4, -0.2) is 39.5 Å². The second-order valence-corrected chi connectivity index (χ2v) is 5.87. The van der Waals surface area contributed by atoms with Crippen LogP contribution < -0.4 is 0 Å². The van der Waals surface area contributed by atoms with Crippen molar-refractivity contribution in [3.8, 4) is 0 Å². The van der Waals surface area contributed by atoms with Crippen molar-refractivity contribution < 1.29 is 5.11 Å². The van der Waals surface area contributed by atoms with Gasteiger partial charge in [-0.15, -0.1) is 10.2 Å². The van der Waals surface area contributed by atoms with Gasteiger partial charge in [0.05, 0.1) is 0 Å². The Bertz CT molecular complexity index is 810. The first kappa shape index (κ1) is 14.9. The highest BCUT2D eigenvalue weighted by Crippen LogP contribution is 2.30. The van der Waals surface area contributed by atoms with Crippen LogP contribution in [0.2, 0.25) is 0 Å². The van der Waals surface area contributed by atoms with Crippen molar-refractivity contribution in [2.75, 3.05) is 0 Å². The summed E-state index contributed by atoms with van der Waals surface area (Å²) in [6.45, 7) is 6.66. The molecular weight excluding hydrogens is 302 g/mol. The molecule has 9 heteroatoms. The molecule has 0 saturated heterocycles. The highest BCUT2D eigenvalue weighted by atomic mass is 32.2. The topological polar surface area (TPSA) is 94.0 Å². The Morgan fingerprint density at radius 3 is 2.82 bits per heavy atom. The molecule has 0 bridgehead atoms. The van der Waals surface area contributed by atoms with Crippen LogP contribution in [0, 0.1) is 13.8 Å². The van der Waals surface area contributed by atoms with E-state index in [0.29, 0.717) is 11.6 Å². The van der Waals surface area contributed by atoms with E-state index in [2.05, 4.69) is 32.2 Å². The molecule has 3 rings (SSSR count). The van der Waals surface area contributed by atoms with Crippen LogP contribution in [0.3, 0.4) is 0 Å². The molecule has 0 amide bonds. The highest BCUT2D eigenvalue weighted by molar-refractivity contribution is 7.99. The summed E-state index contributed by atoms with van der Waals surface area (Å²) < 4.78 is 3.64. The van der Waals surface area contributed by atoms with Gasteiger partial charge in [0.1, 0.15) is 18.0 Å². The highest BCUT2D eigenvalue weighted by Gasteiger charge is 2.17. The number of aromatic nitrogens is 7. The number of nitrogens with zero attached hydrogens (tertiary/aromatic N) is 7. The van der Waals surface area contributed by atoms with E-state index in [9.17, 15) is 5.11 Å². The Kier molecular flexibility index (Phi) is 4.08. The van der Waals surface area contributed by atoms with Gasteiger partial charge in [-0.05, 0) is 32.0 Å². The van der Waals surface area contributed by atoms with Gasteiger partial charge in [-0.2, -0.15) is 14.6 Å². The zero-order valence-electron chi connectivity index (χ0n) is 12.7. The molecule has 1 N–H and O–H groups in total. The maximum Gasteiger partial charge on any atom is 0.253 e. The predicted octanol–water partition coefficient (Wildman–Crippen LogP) is 1.39. The fourth-order valence-electron chi connectivity index (χ4n) is 2.17. The van der Waals surface area contributed by atoms with E-state index >= 15 is 0 Å². The Morgan fingerprint density at radius 2 is 2.09 bits per heavy atom. The molecule has 0 saturated carbocycles. The molecule has 3 aromatic rings. The van der Waals surface area contributed by atoms with Crippen molar-refractivity contribution in [1.29, 1.82) is 0 Å². The summed E-state index contributed by atoms with van der Waals surface area (Å²) in [5, 5.41) is 23.5.